The summed E-state index contributed by atoms with van der Waals surface area (Å²) < 4.78 is 0.683. The van der Waals surface area contributed by atoms with E-state index in [1.807, 2.05) is 30.3 Å². The zero-order chi connectivity index (χ0) is 14.1. The van der Waals surface area contributed by atoms with Crippen molar-refractivity contribution in [1.82, 2.24) is 4.98 Å². The van der Waals surface area contributed by atoms with Gasteiger partial charge in [-0.05, 0) is 46.3 Å². The maximum atomic E-state index is 12.5. The van der Waals surface area contributed by atoms with Crippen molar-refractivity contribution in [1.29, 1.82) is 0 Å². The van der Waals surface area contributed by atoms with Crippen LogP contribution in [-0.2, 0) is 0 Å². The molecule has 0 spiro atoms. The number of aromatic nitrogens is 1. The molecular weight excluding hydrogens is 338 g/mol. The minimum absolute atomic E-state index is 0.0770. The van der Waals surface area contributed by atoms with E-state index in [2.05, 4.69) is 20.9 Å². The summed E-state index contributed by atoms with van der Waals surface area (Å²) in [5.41, 5.74) is 2.01. The Morgan fingerprint density at radius 1 is 1.10 bits per heavy atom. The minimum atomic E-state index is -0.0770. The number of pyridine rings is 1. The monoisotopic (exact) mass is 345 g/mol. The van der Waals surface area contributed by atoms with Crippen molar-refractivity contribution < 1.29 is 4.79 Å². The average Bonchev–Trinajstić information content (AvgIpc) is 2.46. The van der Waals surface area contributed by atoms with Gasteiger partial charge >= 0.3 is 0 Å². The number of fused-ring (bicyclic) bond motifs is 1. The molecule has 0 saturated heterocycles. The molecule has 0 fully saturated rings. The van der Waals surface area contributed by atoms with Crippen LogP contribution in [0.5, 0.6) is 0 Å². The summed E-state index contributed by atoms with van der Waals surface area (Å²) in [4.78, 5) is 16.8. The number of ketones is 1. The fourth-order valence-corrected chi connectivity index (χ4v) is 2.89. The van der Waals surface area contributed by atoms with Crippen LogP contribution in [0.15, 0.2) is 59.2 Å². The lowest BCUT2D eigenvalue weighted by molar-refractivity contribution is 0.103. The van der Waals surface area contributed by atoms with E-state index in [4.69, 9.17) is 11.6 Å². The average molecular weight is 347 g/mol. The van der Waals surface area contributed by atoms with Crippen LogP contribution in [0.25, 0.3) is 10.9 Å². The molecule has 1 heterocycles. The van der Waals surface area contributed by atoms with Gasteiger partial charge < -0.3 is 0 Å². The van der Waals surface area contributed by atoms with Crippen LogP contribution in [0, 0.1) is 0 Å². The Bertz CT molecular complexity index is 816. The lowest BCUT2D eigenvalue weighted by Crippen LogP contribution is -2.03. The summed E-state index contributed by atoms with van der Waals surface area (Å²) >= 11 is 9.26. The van der Waals surface area contributed by atoms with Crippen molar-refractivity contribution in [2.75, 3.05) is 0 Å². The summed E-state index contributed by atoms with van der Waals surface area (Å²) in [7, 11) is 0. The number of para-hydroxylation sites is 1. The topological polar surface area (TPSA) is 30.0 Å². The molecule has 0 atom stereocenters. The predicted molar refractivity (Wildman–Crippen MR) is 84.3 cm³/mol. The zero-order valence-electron chi connectivity index (χ0n) is 10.3. The van der Waals surface area contributed by atoms with E-state index in [0.717, 1.165) is 10.9 Å². The molecular formula is C16H9BrClNO. The summed E-state index contributed by atoms with van der Waals surface area (Å²) in [6.45, 7) is 0. The van der Waals surface area contributed by atoms with E-state index >= 15 is 0 Å². The van der Waals surface area contributed by atoms with Crippen LogP contribution in [0.3, 0.4) is 0 Å². The molecule has 20 heavy (non-hydrogen) atoms. The Balaban J connectivity index is 2.08. The number of hydrogen-bond donors (Lipinski definition) is 0. The van der Waals surface area contributed by atoms with Crippen molar-refractivity contribution in [3.05, 3.63) is 75.4 Å². The molecule has 98 valence electrons. The van der Waals surface area contributed by atoms with E-state index < -0.39 is 0 Å². The summed E-state index contributed by atoms with van der Waals surface area (Å²) in [6, 6.07) is 14.7. The quantitative estimate of drug-likeness (QED) is 0.619. The van der Waals surface area contributed by atoms with Gasteiger partial charge in [-0.1, -0.05) is 29.8 Å². The predicted octanol–water partition coefficient (Wildman–Crippen LogP) is 4.88. The van der Waals surface area contributed by atoms with Crippen LogP contribution >= 0.6 is 27.5 Å². The van der Waals surface area contributed by atoms with E-state index in [1.165, 1.54) is 0 Å². The van der Waals surface area contributed by atoms with E-state index in [9.17, 15) is 4.79 Å². The molecule has 0 amide bonds. The van der Waals surface area contributed by atoms with Crippen LogP contribution in [0.4, 0.5) is 0 Å². The first kappa shape index (κ1) is 13.3. The van der Waals surface area contributed by atoms with Gasteiger partial charge in [-0.15, -0.1) is 0 Å². The van der Waals surface area contributed by atoms with Gasteiger partial charge in [0.1, 0.15) is 0 Å². The van der Waals surface area contributed by atoms with Gasteiger partial charge in [0.2, 0.25) is 0 Å². The maximum Gasteiger partial charge on any atom is 0.195 e. The first-order valence-corrected chi connectivity index (χ1v) is 7.17. The van der Waals surface area contributed by atoms with E-state index in [-0.39, 0.29) is 5.78 Å². The van der Waals surface area contributed by atoms with Crippen LogP contribution in [-0.4, -0.2) is 10.8 Å². The first-order chi connectivity index (χ1) is 9.65. The molecule has 4 heteroatoms. The molecule has 0 saturated carbocycles. The van der Waals surface area contributed by atoms with Gasteiger partial charge in [0.25, 0.3) is 0 Å². The maximum absolute atomic E-state index is 12.5. The van der Waals surface area contributed by atoms with E-state index in [0.29, 0.717) is 20.6 Å². The highest BCUT2D eigenvalue weighted by molar-refractivity contribution is 9.10. The van der Waals surface area contributed by atoms with Crippen molar-refractivity contribution in [3.63, 3.8) is 0 Å². The first-order valence-electron chi connectivity index (χ1n) is 6.00. The highest BCUT2D eigenvalue weighted by atomic mass is 79.9. The summed E-state index contributed by atoms with van der Waals surface area (Å²) in [5, 5.41) is 1.54. The lowest BCUT2D eigenvalue weighted by atomic mass is 10.0. The van der Waals surface area contributed by atoms with Gasteiger partial charge in [0.15, 0.2) is 5.78 Å². The standard InChI is InChI=1S/C16H9BrClNO/c17-14-8-12(18)5-6-13(14)16(20)11-7-10-3-1-2-4-15(10)19-9-11/h1-9H. The normalized spacial score (nSPS) is 10.7. The third-order valence-electron chi connectivity index (χ3n) is 3.03. The Hall–Kier alpha value is -1.71. The Kier molecular flexibility index (Phi) is 3.55. The highest BCUT2D eigenvalue weighted by Crippen LogP contribution is 2.24. The fourth-order valence-electron chi connectivity index (χ4n) is 2.02. The van der Waals surface area contributed by atoms with Crippen molar-refractivity contribution in [2.45, 2.75) is 0 Å². The number of rotatable bonds is 2. The van der Waals surface area contributed by atoms with Gasteiger partial charge in [-0.2, -0.15) is 0 Å². The van der Waals surface area contributed by atoms with Crippen molar-refractivity contribution in [2.24, 2.45) is 0 Å². The van der Waals surface area contributed by atoms with Crippen LogP contribution in [0.2, 0.25) is 5.02 Å². The number of carbonyl (C=O) groups excluding carboxylic acids is 1. The molecule has 1 aromatic heterocycles. The summed E-state index contributed by atoms with van der Waals surface area (Å²) in [6.07, 6.45) is 1.60. The largest absolute Gasteiger partial charge is 0.289 e. The van der Waals surface area contributed by atoms with E-state index in [1.54, 1.807) is 24.4 Å². The minimum Gasteiger partial charge on any atom is -0.289 e. The molecule has 3 rings (SSSR count). The molecule has 0 unspecified atom stereocenters. The molecule has 0 aliphatic carbocycles. The van der Waals surface area contributed by atoms with Crippen molar-refractivity contribution >= 4 is 44.2 Å². The zero-order valence-corrected chi connectivity index (χ0v) is 12.6. The number of benzene rings is 2. The number of hydrogen-bond acceptors (Lipinski definition) is 2. The second kappa shape index (κ2) is 5.35. The number of nitrogens with zero attached hydrogens (tertiary/aromatic N) is 1. The van der Waals surface area contributed by atoms with Crippen LogP contribution < -0.4 is 0 Å². The van der Waals surface area contributed by atoms with Gasteiger partial charge in [-0.25, -0.2) is 0 Å². The van der Waals surface area contributed by atoms with Crippen molar-refractivity contribution in [3.8, 4) is 0 Å². The Labute approximate surface area is 129 Å². The number of halogens is 2. The highest BCUT2D eigenvalue weighted by Gasteiger charge is 2.13. The molecule has 0 N–H and O–H groups in total. The number of carbonyl (C=O) groups is 1. The Morgan fingerprint density at radius 2 is 1.90 bits per heavy atom. The molecule has 0 bridgehead atoms. The second-order valence-corrected chi connectivity index (χ2v) is 5.66. The third kappa shape index (κ3) is 2.47. The molecule has 2 nitrogen and oxygen atoms in total. The molecule has 3 aromatic rings. The van der Waals surface area contributed by atoms with Gasteiger partial charge in [0.05, 0.1) is 5.52 Å². The lowest BCUT2D eigenvalue weighted by Gasteiger charge is -2.05. The molecule has 0 aliphatic rings. The Morgan fingerprint density at radius 3 is 2.70 bits per heavy atom. The third-order valence-corrected chi connectivity index (χ3v) is 3.92. The molecule has 0 aliphatic heterocycles. The molecule has 0 radical (unpaired) electrons. The molecule has 2 aromatic carbocycles. The van der Waals surface area contributed by atoms with Crippen LogP contribution in [0.1, 0.15) is 15.9 Å². The fraction of sp³-hybridized carbons (Fsp3) is 0. The van der Waals surface area contributed by atoms with Gasteiger partial charge in [0, 0.05) is 32.2 Å². The SMILES string of the molecule is O=C(c1cnc2ccccc2c1)c1ccc(Cl)cc1Br. The smallest absolute Gasteiger partial charge is 0.195 e. The second-order valence-electron chi connectivity index (χ2n) is 4.37. The van der Waals surface area contributed by atoms with Gasteiger partial charge in [-0.3, -0.25) is 9.78 Å². The summed E-state index contributed by atoms with van der Waals surface area (Å²) in [5.74, 6) is -0.0770.